The van der Waals surface area contributed by atoms with Crippen LogP contribution in [0.15, 0.2) is 53.4 Å². The van der Waals surface area contributed by atoms with Crippen molar-refractivity contribution in [3.63, 3.8) is 0 Å². The van der Waals surface area contributed by atoms with Crippen LogP contribution in [-0.4, -0.2) is 39.4 Å². The van der Waals surface area contributed by atoms with Gasteiger partial charge < -0.3 is 10.6 Å². The van der Waals surface area contributed by atoms with Gasteiger partial charge in [0.2, 0.25) is 11.8 Å². The molecular weight excluding hydrogens is 515 g/mol. The summed E-state index contributed by atoms with van der Waals surface area (Å²) in [5.41, 5.74) is 3.43. The molecule has 1 saturated carbocycles. The minimum absolute atomic E-state index is 0.0930. The van der Waals surface area contributed by atoms with Crippen LogP contribution in [0.5, 0.6) is 0 Å². The summed E-state index contributed by atoms with van der Waals surface area (Å²) in [6.07, 6.45) is -3.33. The van der Waals surface area contributed by atoms with E-state index < -0.39 is 33.4 Å². The van der Waals surface area contributed by atoms with Crippen molar-refractivity contribution in [2.24, 2.45) is 11.3 Å². The summed E-state index contributed by atoms with van der Waals surface area (Å²) in [5.74, 6) is -3.19. The van der Waals surface area contributed by atoms with Crippen molar-refractivity contribution in [2.75, 3.05) is 22.5 Å². The van der Waals surface area contributed by atoms with Crippen LogP contribution in [0.25, 0.3) is 0 Å². The van der Waals surface area contributed by atoms with Crippen molar-refractivity contribution in [3.05, 3.63) is 48.5 Å². The summed E-state index contributed by atoms with van der Waals surface area (Å²) in [5, 5.41) is 5.35. The Kier molecular flexibility index (Phi) is 8.00. The quantitative estimate of drug-likeness (QED) is 0.293. The van der Waals surface area contributed by atoms with Crippen LogP contribution >= 0.6 is 0 Å². The molecule has 37 heavy (non-hydrogen) atoms. The van der Waals surface area contributed by atoms with Crippen LogP contribution in [0.1, 0.15) is 26.2 Å². The number of hydrazine groups is 1. The molecule has 14 heteroatoms. The molecule has 0 saturated heterocycles. The Morgan fingerprint density at radius 2 is 1.49 bits per heavy atom. The van der Waals surface area contributed by atoms with Gasteiger partial charge in [-0.25, -0.2) is 8.42 Å². The molecular formula is C23H26F3N5O5S. The fourth-order valence-electron chi connectivity index (χ4n) is 3.93. The molecule has 1 unspecified atom stereocenters. The van der Waals surface area contributed by atoms with E-state index in [4.69, 9.17) is 0 Å². The molecule has 3 amide bonds. The summed E-state index contributed by atoms with van der Waals surface area (Å²) in [4.78, 5) is 35.8. The van der Waals surface area contributed by atoms with Crippen LogP contribution in [0, 0.1) is 11.3 Å². The molecule has 10 nitrogen and oxygen atoms in total. The second kappa shape index (κ2) is 10.7. The molecule has 1 aliphatic carbocycles. The minimum atomic E-state index is -5.05. The third-order valence-electron chi connectivity index (χ3n) is 6.01. The molecule has 2 aromatic carbocycles. The number of carbonyl (C=O) groups excluding carboxylic acids is 3. The van der Waals surface area contributed by atoms with Crippen LogP contribution in [0.2, 0.25) is 0 Å². The van der Waals surface area contributed by atoms with Gasteiger partial charge in [0.15, 0.2) is 0 Å². The van der Waals surface area contributed by atoms with Gasteiger partial charge in [0, 0.05) is 18.4 Å². The molecule has 3 rings (SSSR count). The number of hydrogen-bond acceptors (Lipinski definition) is 6. The Labute approximate surface area is 211 Å². The van der Waals surface area contributed by atoms with Gasteiger partial charge in [-0.15, -0.1) is 0 Å². The van der Waals surface area contributed by atoms with Crippen LogP contribution < -0.4 is 26.2 Å². The van der Waals surface area contributed by atoms with Gasteiger partial charge in [-0.3, -0.25) is 30.0 Å². The fourth-order valence-corrected chi connectivity index (χ4v) is 4.99. The lowest BCUT2D eigenvalue weighted by Crippen LogP contribution is -2.40. The zero-order valence-corrected chi connectivity index (χ0v) is 20.7. The molecule has 1 fully saturated rings. The smallest absolute Gasteiger partial charge is 0.359 e. The van der Waals surface area contributed by atoms with E-state index in [1.54, 1.807) is 0 Å². The van der Waals surface area contributed by atoms with Crippen molar-refractivity contribution in [1.82, 2.24) is 10.7 Å². The lowest BCUT2D eigenvalue weighted by molar-refractivity contribution is -0.173. The van der Waals surface area contributed by atoms with Gasteiger partial charge >= 0.3 is 12.1 Å². The Morgan fingerprint density at radius 1 is 0.946 bits per heavy atom. The zero-order chi connectivity index (χ0) is 27.4. The van der Waals surface area contributed by atoms with Crippen LogP contribution in [0.3, 0.4) is 0 Å². The number of rotatable bonds is 10. The van der Waals surface area contributed by atoms with Gasteiger partial charge in [-0.1, -0.05) is 6.92 Å². The first kappa shape index (κ1) is 27.8. The van der Waals surface area contributed by atoms with E-state index >= 15 is 0 Å². The van der Waals surface area contributed by atoms with Gasteiger partial charge in [-0.2, -0.15) is 13.2 Å². The molecule has 0 bridgehead atoms. The molecule has 0 heterocycles. The Balaban J connectivity index is 1.61. The van der Waals surface area contributed by atoms with Crippen molar-refractivity contribution in [2.45, 2.75) is 37.3 Å². The molecule has 1 atom stereocenters. The maximum atomic E-state index is 12.8. The van der Waals surface area contributed by atoms with Gasteiger partial charge in [-0.05, 0) is 67.8 Å². The third kappa shape index (κ3) is 6.50. The molecule has 200 valence electrons. The number of halogens is 3. The van der Waals surface area contributed by atoms with E-state index in [9.17, 15) is 36.0 Å². The minimum Gasteiger partial charge on any atom is -0.359 e. The molecule has 0 spiro atoms. The Hall–Kier alpha value is -3.81. The molecule has 5 N–H and O–H groups in total. The average Bonchev–Trinajstić information content (AvgIpc) is 3.64. The van der Waals surface area contributed by atoms with E-state index in [0.717, 1.165) is 0 Å². The summed E-state index contributed by atoms with van der Waals surface area (Å²) >= 11 is 0. The van der Waals surface area contributed by atoms with E-state index in [-0.39, 0.29) is 28.1 Å². The summed E-state index contributed by atoms with van der Waals surface area (Å²) in [7, 11) is -2.49. The summed E-state index contributed by atoms with van der Waals surface area (Å²) in [6, 6.07) is 10.6. The average molecular weight is 542 g/mol. The SMILES string of the molecule is CCC(C(=O)Nc1ccc(S(=O)(=O)Nc2ccc(NNC(=O)C(F)(F)F)cc2)cc1)C1(C(=O)NC)CC1. The third-order valence-corrected chi connectivity index (χ3v) is 7.40. The second-order valence-corrected chi connectivity index (χ2v) is 10.2. The van der Waals surface area contributed by atoms with Gasteiger partial charge in [0.25, 0.3) is 10.0 Å². The highest BCUT2D eigenvalue weighted by atomic mass is 32.2. The Bertz CT molecular complexity index is 1260. The maximum Gasteiger partial charge on any atom is 0.472 e. The summed E-state index contributed by atoms with van der Waals surface area (Å²) < 4.78 is 64.4. The number of anilines is 3. The first-order chi connectivity index (χ1) is 17.3. The van der Waals surface area contributed by atoms with Crippen molar-refractivity contribution < 1.29 is 36.0 Å². The van der Waals surface area contributed by atoms with Crippen LogP contribution in [0.4, 0.5) is 30.2 Å². The topological polar surface area (TPSA) is 146 Å². The van der Waals surface area contributed by atoms with Gasteiger partial charge in [0.05, 0.1) is 21.9 Å². The molecule has 1 aliphatic rings. The predicted molar refractivity (Wildman–Crippen MR) is 130 cm³/mol. The number of nitrogens with one attached hydrogen (secondary N) is 5. The van der Waals surface area contributed by atoms with E-state index in [0.29, 0.717) is 24.9 Å². The number of alkyl halides is 3. The van der Waals surface area contributed by atoms with Crippen molar-refractivity contribution in [1.29, 1.82) is 0 Å². The fraction of sp³-hybridized carbons (Fsp3) is 0.348. The monoisotopic (exact) mass is 541 g/mol. The molecule has 0 aliphatic heterocycles. The largest absolute Gasteiger partial charge is 0.472 e. The number of amides is 3. The standard InChI is InChI=1S/C23H26F3N5O5S/c1-3-18(22(12-13-22)20(33)27-2)19(32)28-14-8-10-17(11-9-14)37(35,36)31-16-6-4-15(5-7-16)29-30-21(34)23(24,25)26/h4-11,18,29,31H,3,12-13H2,1-2H3,(H,27,33)(H,28,32)(H,30,34). The predicted octanol–water partition coefficient (Wildman–Crippen LogP) is 2.98. The molecule has 0 aromatic heterocycles. The summed E-state index contributed by atoms with van der Waals surface area (Å²) in [6.45, 7) is 1.83. The van der Waals surface area contributed by atoms with Crippen molar-refractivity contribution >= 4 is 44.8 Å². The second-order valence-electron chi connectivity index (χ2n) is 8.47. The first-order valence-electron chi connectivity index (χ1n) is 11.2. The lowest BCUT2D eigenvalue weighted by atomic mass is 9.85. The van der Waals surface area contributed by atoms with Crippen LogP contribution in [-0.2, 0) is 24.4 Å². The molecule has 0 radical (unpaired) electrons. The number of hydrogen-bond donors (Lipinski definition) is 5. The number of sulfonamides is 1. The zero-order valence-electron chi connectivity index (χ0n) is 19.9. The van der Waals surface area contributed by atoms with Gasteiger partial charge in [0.1, 0.15) is 0 Å². The normalized spacial score (nSPS) is 15.2. The lowest BCUT2D eigenvalue weighted by Gasteiger charge is -2.23. The highest BCUT2D eigenvalue weighted by Gasteiger charge is 2.57. The first-order valence-corrected chi connectivity index (χ1v) is 12.7. The van der Waals surface area contributed by atoms with E-state index in [1.807, 2.05) is 6.92 Å². The number of carbonyl (C=O) groups is 3. The highest BCUT2D eigenvalue weighted by Crippen LogP contribution is 2.53. The van der Waals surface area contributed by atoms with Crippen molar-refractivity contribution in [3.8, 4) is 0 Å². The molecule has 2 aromatic rings. The maximum absolute atomic E-state index is 12.8. The van der Waals surface area contributed by atoms with E-state index in [1.165, 1.54) is 61.0 Å². The van der Waals surface area contributed by atoms with E-state index in [2.05, 4.69) is 20.8 Å². The number of benzene rings is 2. The Morgan fingerprint density at radius 3 is 1.97 bits per heavy atom. The highest BCUT2D eigenvalue weighted by molar-refractivity contribution is 7.92.